The third kappa shape index (κ3) is 2.79. The molecule has 2 N–H and O–H groups in total. The molecule has 0 saturated heterocycles. The van der Waals surface area contributed by atoms with Gasteiger partial charge < -0.3 is 5.73 Å². The fourth-order valence-electron chi connectivity index (χ4n) is 2.23. The maximum absolute atomic E-state index is 5.72. The van der Waals surface area contributed by atoms with E-state index in [1.165, 1.54) is 11.8 Å². The van der Waals surface area contributed by atoms with E-state index in [4.69, 9.17) is 5.73 Å². The second-order valence-electron chi connectivity index (χ2n) is 4.51. The molecule has 2 heterocycles. The number of nitrogens with zero attached hydrogens (tertiary/aromatic N) is 4. The number of thioether (sulfide) groups is 1. The summed E-state index contributed by atoms with van der Waals surface area (Å²) in [5.41, 5.74) is 9.48. The molecule has 0 bridgehead atoms. The predicted molar refractivity (Wildman–Crippen MR) is 90.9 cm³/mol. The van der Waals surface area contributed by atoms with Crippen molar-refractivity contribution in [3.05, 3.63) is 55.1 Å². The zero-order chi connectivity index (χ0) is 15.4. The zero-order valence-electron chi connectivity index (χ0n) is 11.9. The van der Waals surface area contributed by atoms with Crippen LogP contribution in [0.1, 0.15) is 0 Å². The average Bonchev–Trinajstić information content (AvgIpc) is 3.10. The third-order valence-electron chi connectivity index (χ3n) is 3.19. The lowest BCUT2D eigenvalue weighted by molar-refractivity contribution is 0.862. The standard InChI is InChI=1S/C16H15N5S/c1-18-14-8-13(12-4-2-5-19-10-12)9-15(16(14)22-11-17)21-7-3-6-20-21/h2-10H,1,11,17H2. The van der Waals surface area contributed by atoms with Crippen LogP contribution in [-0.2, 0) is 0 Å². The number of rotatable bonds is 5. The molecule has 0 atom stereocenters. The normalized spacial score (nSPS) is 10.6. The number of nitrogens with two attached hydrogens (primary N) is 1. The molecular weight excluding hydrogens is 294 g/mol. The first kappa shape index (κ1) is 14.5. The van der Waals surface area contributed by atoms with E-state index in [9.17, 15) is 0 Å². The van der Waals surface area contributed by atoms with Crippen LogP contribution < -0.4 is 5.73 Å². The van der Waals surface area contributed by atoms with Crippen molar-refractivity contribution in [2.24, 2.45) is 10.7 Å². The highest BCUT2D eigenvalue weighted by Crippen LogP contribution is 2.38. The zero-order valence-corrected chi connectivity index (χ0v) is 12.7. The summed E-state index contributed by atoms with van der Waals surface area (Å²) in [6.07, 6.45) is 7.22. The number of hydrogen-bond acceptors (Lipinski definition) is 5. The Morgan fingerprint density at radius 2 is 2.14 bits per heavy atom. The second-order valence-corrected chi connectivity index (χ2v) is 5.54. The second kappa shape index (κ2) is 6.55. The minimum absolute atomic E-state index is 0.461. The SMILES string of the molecule is C=Nc1cc(-c2cccnc2)cc(-n2cccn2)c1SCN. The van der Waals surface area contributed by atoms with Gasteiger partial charge in [-0.25, -0.2) is 4.68 Å². The monoisotopic (exact) mass is 309 g/mol. The van der Waals surface area contributed by atoms with E-state index < -0.39 is 0 Å². The van der Waals surface area contributed by atoms with Gasteiger partial charge in [-0.15, -0.1) is 11.8 Å². The molecule has 3 aromatic rings. The van der Waals surface area contributed by atoms with Crippen LogP contribution in [0.3, 0.4) is 0 Å². The predicted octanol–water partition coefficient (Wildman–Crippen LogP) is 3.27. The molecule has 0 spiro atoms. The lowest BCUT2D eigenvalue weighted by atomic mass is 10.1. The Kier molecular flexibility index (Phi) is 4.32. The topological polar surface area (TPSA) is 69.1 Å². The molecule has 0 saturated carbocycles. The van der Waals surface area contributed by atoms with E-state index in [2.05, 4.69) is 27.9 Å². The molecule has 1 aromatic carbocycles. The average molecular weight is 309 g/mol. The summed E-state index contributed by atoms with van der Waals surface area (Å²) in [6.45, 7) is 3.68. The lowest BCUT2D eigenvalue weighted by Gasteiger charge is -2.14. The van der Waals surface area contributed by atoms with E-state index in [1.807, 2.05) is 41.3 Å². The van der Waals surface area contributed by atoms with Crippen LogP contribution in [0.2, 0.25) is 0 Å². The van der Waals surface area contributed by atoms with Gasteiger partial charge in [0.25, 0.3) is 0 Å². The highest BCUT2D eigenvalue weighted by atomic mass is 32.2. The first-order chi connectivity index (χ1) is 10.8. The van der Waals surface area contributed by atoms with Crippen molar-refractivity contribution >= 4 is 24.2 Å². The summed E-state index contributed by atoms with van der Waals surface area (Å²) in [7, 11) is 0. The first-order valence-electron chi connectivity index (χ1n) is 6.71. The number of hydrogen-bond donors (Lipinski definition) is 1. The van der Waals surface area contributed by atoms with Crippen LogP contribution in [0, 0.1) is 0 Å². The van der Waals surface area contributed by atoms with E-state index in [1.54, 1.807) is 12.4 Å². The molecule has 110 valence electrons. The summed E-state index contributed by atoms with van der Waals surface area (Å²) in [5.74, 6) is 0.461. The molecule has 0 unspecified atom stereocenters. The van der Waals surface area contributed by atoms with Gasteiger partial charge in [0.05, 0.1) is 16.3 Å². The summed E-state index contributed by atoms with van der Waals surface area (Å²) in [4.78, 5) is 9.30. The molecule has 0 radical (unpaired) electrons. The van der Waals surface area contributed by atoms with Gasteiger partial charge in [0.15, 0.2) is 0 Å². The van der Waals surface area contributed by atoms with Crippen LogP contribution >= 0.6 is 11.8 Å². The molecule has 0 aliphatic carbocycles. The van der Waals surface area contributed by atoms with Gasteiger partial charge in [-0.3, -0.25) is 9.98 Å². The Balaban J connectivity index is 2.23. The van der Waals surface area contributed by atoms with Crippen LogP contribution in [-0.4, -0.2) is 27.4 Å². The minimum Gasteiger partial charge on any atom is -0.322 e. The molecule has 5 nitrogen and oxygen atoms in total. The van der Waals surface area contributed by atoms with Gasteiger partial charge >= 0.3 is 0 Å². The molecular formula is C16H15N5S. The van der Waals surface area contributed by atoms with E-state index >= 15 is 0 Å². The van der Waals surface area contributed by atoms with Crippen LogP contribution in [0.15, 0.2) is 65.0 Å². The van der Waals surface area contributed by atoms with Gasteiger partial charge in [0.2, 0.25) is 0 Å². The van der Waals surface area contributed by atoms with E-state index in [-0.39, 0.29) is 0 Å². The molecule has 0 aliphatic heterocycles. The van der Waals surface area contributed by atoms with Crippen molar-refractivity contribution in [3.8, 4) is 16.8 Å². The van der Waals surface area contributed by atoms with Gasteiger partial charge in [-0.1, -0.05) is 6.07 Å². The molecule has 0 aliphatic rings. The number of pyridine rings is 1. The van der Waals surface area contributed by atoms with E-state index in [0.29, 0.717) is 5.88 Å². The summed E-state index contributed by atoms with van der Waals surface area (Å²) >= 11 is 1.52. The van der Waals surface area contributed by atoms with Gasteiger partial charge in [-0.2, -0.15) is 5.10 Å². The lowest BCUT2D eigenvalue weighted by Crippen LogP contribution is -2.00. The smallest absolute Gasteiger partial charge is 0.0809 e. The van der Waals surface area contributed by atoms with Crippen LogP contribution in [0.4, 0.5) is 5.69 Å². The molecule has 0 amide bonds. The van der Waals surface area contributed by atoms with Crippen molar-refractivity contribution in [2.75, 3.05) is 5.88 Å². The third-order valence-corrected chi connectivity index (χ3v) is 4.07. The highest BCUT2D eigenvalue weighted by molar-refractivity contribution is 7.99. The maximum Gasteiger partial charge on any atom is 0.0809 e. The number of benzene rings is 1. The maximum atomic E-state index is 5.72. The molecule has 22 heavy (non-hydrogen) atoms. The van der Waals surface area contributed by atoms with Crippen LogP contribution in [0.5, 0.6) is 0 Å². The Labute approximate surface area is 132 Å². The Bertz CT molecular complexity index is 769. The first-order valence-corrected chi connectivity index (χ1v) is 7.70. The molecule has 6 heteroatoms. The Morgan fingerprint density at radius 1 is 1.23 bits per heavy atom. The minimum atomic E-state index is 0.461. The van der Waals surface area contributed by atoms with Crippen molar-refractivity contribution < 1.29 is 0 Å². The fraction of sp³-hybridized carbons (Fsp3) is 0.0625. The van der Waals surface area contributed by atoms with Crippen molar-refractivity contribution in [1.82, 2.24) is 14.8 Å². The summed E-state index contributed by atoms with van der Waals surface area (Å²) in [6, 6.07) is 9.87. The number of aliphatic imine (C=N–C) groups is 1. The van der Waals surface area contributed by atoms with Gasteiger partial charge in [-0.05, 0) is 36.5 Å². The molecule has 0 fully saturated rings. The Hall–Kier alpha value is -2.44. The van der Waals surface area contributed by atoms with Crippen LogP contribution in [0.25, 0.3) is 16.8 Å². The summed E-state index contributed by atoms with van der Waals surface area (Å²) < 4.78 is 1.81. The molecule has 3 rings (SSSR count). The van der Waals surface area contributed by atoms with Gasteiger partial charge in [0, 0.05) is 36.2 Å². The quantitative estimate of drug-likeness (QED) is 0.446. The number of aromatic nitrogens is 3. The largest absolute Gasteiger partial charge is 0.322 e. The Morgan fingerprint density at radius 3 is 2.77 bits per heavy atom. The van der Waals surface area contributed by atoms with Crippen molar-refractivity contribution in [3.63, 3.8) is 0 Å². The van der Waals surface area contributed by atoms with Crippen molar-refractivity contribution in [2.45, 2.75) is 4.90 Å². The highest BCUT2D eigenvalue weighted by Gasteiger charge is 2.13. The summed E-state index contributed by atoms with van der Waals surface area (Å²) in [5, 5.41) is 4.32. The van der Waals surface area contributed by atoms with Gasteiger partial charge in [0.1, 0.15) is 0 Å². The molecule has 2 aromatic heterocycles. The van der Waals surface area contributed by atoms with Crippen molar-refractivity contribution in [1.29, 1.82) is 0 Å². The van der Waals surface area contributed by atoms with E-state index in [0.717, 1.165) is 27.4 Å². The fourth-order valence-corrected chi connectivity index (χ4v) is 2.97.